The van der Waals surface area contributed by atoms with E-state index in [0.717, 1.165) is 30.8 Å². The van der Waals surface area contributed by atoms with Crippen LogP contribution < -0.4 is 4.90 Å². The Bertz CT molecular complexity index is 1050. The third kappa shape index (κ3) is 3.10. The minimum Gasteiger partial charge on any atom is -0.334 e. The number of carbonyl (C=O) groups excluding carboxylic acids is 2. The first kappa shape index (κ1) is 17.7. The van der Waals surface area contributed by atoms with Crippen molar-refractivity contribution >= 4 is 17.6 Å². The standard InChI is InChI=1S/C23H22N4O2/c28-22-21-14-20-19(15-26(21)23(29)27(22)18-11-5-2-6-12-18)24-16-25(20)13-7-10-17-8-3-1-4-9-17/h1-6,8-9,11-12,16,21H,7,10,13-15H2. The lowest BCUT2D eigenvalue weighted by atomic mass is 10.0. The summed E-state index contributed by atoms with van der Waals surface area (Å²) in [7, 11) is 0. The first-order valence-corrected chi connectivity index (χ1v) is 9.99. The Kier molecular flexibility index (Phi) is 4.39. The number of imidazole rings is 1. The van der Waals surface area contributed by atoms with Gasteiger partial charge in [-0.25, -0.2) is 14.7 Å². The quantitative estimate of drug-likeness (QED) is 0.632. The van der Waals surface area contributed by atoms with Crippen molar-refractivity contribution in [1.29, 1.82) is 0 Å². The summed E-state index contributed by atoms with van der Waals surface area (Å²) in [5.74, 6) is -0.149. The second-order valence-corrected chi connectivity index (χ2v) is 7.56. The van der Waals surface area contributed by atoms with Crippen molar-refractivity contribution in [3.8, 4) is 0 Å². The first-order valence-electron chi connectivity index (χ1n) is 9.99. The van der Waals surface area contributed by atoms with Crippen molar-refractivity contribution in [3.63, 3.8) is 0 Å². The van der Waals surface area contributed by atoms with E-state index in [-0.39, 0.29) is 11.9 Å². The number of hydrogen-bond acceptors (Lipinski definition) is 3. The van der Waals surface area contributed by atoms with Gasteiger partial charge in [-0.3, -0.25) is 4.79 Å². The predicted molar refractivity (Wildman–Crippen MR) is 109 cm³/mol. The fraction of sp³-hybridized carbons (Fsp3) is 0.261. The zero-order valence-electron chi connectivity index (χ0n) is 16.1. The molecule has 6 heteroatoms. The monoisotopic (exact) mass is 386 g/mol. The van der Waals surface area contributed by atoms with Crippen molar-refractivity contribution < 1.29 is 9.59 Å². The van der Waals surface area contributed by atoms with Crippen molar-refractivity contribution in [2.75, 3.05) is 4.90 Å². The van der Waals surface area contributed by atoms with Gasteiger partial charge in [0.2, 0.25) is 0 Å². The lowest BCUT2D eigenvalue weighted by Gasteiger charge is -2.27. The highest BCUT2D eigenvalue weighted by molar-refractivity contribution is 6.21. The van der Waals surface area contributed by atoms with Crippen molar-refractivity contribution in [2.24, 2.45) is 0 Å². The SMILES string of the molecule is O=C1C2Cc3c(ncn3CCCc3ccccc3)CN2C(=O)N1c1ccccc1. The number of imide groups is 1. The van der Waals surface area contributed by atoms with Crippen molar-refractivity contribution in [3.05, 3.63) is 83.9 Å². The zero-order valence-corrected chi connectivity index (χ0v) is 16.1. The van der Waals surface area contributed by atoms with Crippen LogP contribution in [-0.4, -0.2) is 32.4 Å². The highest BCUT2D eigenvalue weighted by atomic mass is 16.2. The summed E-state index contributed by atoms with van der Waals surface area (Å²) < 4.78 is 2.15. The molecular weight excluding hydrogens is 364 g/mol. The van der Waals surface area contributed by atoms with Crippen LogP contribution in [0.25, 0.3) is 0 Å². The van der Waals surface area contributed by atoms with Gasteiger partial charge in [-0.1, -0.05) is 48.5 Å². The highest BCUT2D eigenvalue weighted by Gasteiger charge is 2.48. The number of benzene rings is 2. The Labute approximate surface area is 169 Å². The molecule has 2 aliphatic heterocycles. The lowest BCUT2D eigenvalue weighted by molar-refractivity contribution is -0.120. The summed E-state index contributed by atoms with van der Waals surface area (Å²) in [6, 6.07) is 18.9. The van der Waals surface area contributed by atoms with Gasteiger partial charge in [0.25, 0.3) is 5.91 Å². The number of nitrogens with zero attached hydrogens (tertiary/aromatic N) is 4. The topological polar surface area (TPSA) is 58.4 Å². The molecule has 0 spiro atoms. The number of anilines is 1. The third-order valence-corrected chi connectivity index (χ3v) is 5.78. The molecule has 1 fully saturated rings. The van der Waals surface area contributed by atoms with Crippen LogP contribution in [0.3, 0.4) is 0 Å². The van der Waals surface area contributed by atoms with Gasteiger partial charge in [0.1, 0.15) is 6.04 Å². The number of aryl methyl sites for hydroxylation is 2. The highest BCUT2D eigenvalue weighted by Crippen LogP contribution is 2.32. The number of hydrogen-bond donors (Lipinski definition) is 0. The number of urea groups is 1. The van der Waals surface area contributed by atoms with Crippen molar-refractivity contribution in [1.82, 2.24) is 14.5 Å². The summed E-state index contributed by atoms with van der Waals surface area (Å²) in [5.41, 5.74) is 3.93. The Morgan fingerprint density at radius 3 is 2.45 bits per heavy atom. The van der Waals surface area contributed by atoms with Gasteiger partial charge in [-0.2, -0.15) is 0 Å². The average molecular weight is 386 g/mol. The maximum Gasteiger partial charge on any atom is 0.332 e. The van der Waals surface area contributed by atoms with Crippen LogP contribution in [0.4, 0.5) is 10.5 Å². The third-order valence-electron chi connectivity index (χ3n) is 5.78. The molecule has 3 aromatic rings. The number of amides is 3. The molecular formula is C23H22N4O2. The first-order chi connectivity index (χ1) is 14.2. The minimum atomic E-state index is -0.445. The van der Waals surface area contributed by atoms with Crippen LogP contribution in [0.15, 0.2) is 67.0 Å². The van der Waals surface area contributed by atoms with E-state index in [4.69, 9.17) is 0 Å². The molecule has 0 radical (unpaired) electrons. The van der Waals surface area contributed by atoms with Gasteiger partial charge in [-0.15, -0.1) is 0 Å². The largest absolute Gasteiger partial charge is 0.334 e. The molecule has 0 aliphatic carbocycles. The van der Waals surface area contributed by atoms with E-state index in [1.807, 2.05) is 30.6 Å². The molecule has 2 aliphatic rings. The number of para-hydroxylation sites is 1. The van der Waals surface area contributed by atoms with Crippen molar-refractivity contribution in [2.45, 2.75) is 38.4 Å². The lowest BCUT2D eigenvalue weighted by Crippen LogP contribution is -2.40. The summed E-state index contributed by atoms with van der Waals surface area (Å²) in [4.78, 5) is 33.4. The van der Waals surface area contributed by atoms with Crippen LogP contribution in [-0.2, 0) is 30.7 Å². The molecule has 1 saturated heterocycles. The van der Waals surface area contributed by atoms with E-state index in [1.165, 1.54) is 10.5 Å². The average Bonchev–Trinajstić information content (AvgIpc) is 3.26. The van der Waals surface area contributed by atoms with Gasteiger partial charge >= 0.3 is 6.03 Å². The van der Waals surface area contributed by atoms with Gasteiger partial charge in [0.05, 0.1) is 24.3 Å². The second kappa shape index (κ2) is 7.20. The second-order valence-electron chi connectivity index (χ2n) is 7.56. The molecule has 0 bridgehead atoms. The van der Waals surface area contributed by atoms with Crippen LogP contribution in [0.1, 0.15) is 23.4 Å². The fourth-order valence-electron chi connectivity index (χ4n) is 4.28. The molecule has 1 unspecified atom stereocenters. The maximum atomic E-state index is 13.0. The number of rotatable bonds is 5. The summed E-state index contributed by atoms with van der Waals surface area (Å²) in [6.07, 6.45) is 4.38. The zero-order chi connectivity index (χ0) is 19.8. The Morgan fingerprint density at radius 1 is 0.966 bits per heavy atom. The Balaban J connectivity index is 1.32. The molecule has 2 aromatic carbocycles. The van der Waals surface area contributed by atoms with E-state index in [2.05, 4.69) is 33.8 Å². The van der Waals surface area contributed by atoms with Gasteiger partial charge in [-0.05, 0) is 30.5 Å². The Morgan fingerprint density at radius 2 is 1.69 bits per heavy atom. The van der Waals surface area contributed by atoms with E-state index >= 15 is 0 Å². The molecule has 0 N–H and O–H groups in total. The van der Waals surface area contributed by atoms with Gasteiger partial charge in [0.15, 0.2) is 0 Å². The van der Waals surface area contributed by atoms with E-state index in [0.29, 0.717) is 18.7 Å². The molecule has 5 rings (SSSR count). The summed E-state index contributed by atoms with van der Waals surface area (Å²) >= 11 is 0. The van der Waals surface area contributed by atoms with E-state index in [9.17, 15) is 9.59 Å². The smallest absolute Gasteiger partial charge is 0.332 e. The normalized spacial score (nSPS) is 18.1. The van der Waals surface area contributed by atoms with Crippen LogP contribution >= 0.6 is 0 Å². The van der Waals surface area contributed by atoms with E-state index in [1.54, 1.807) is 17.0 Å². The molecule has 146 valence electrons. The summed E-state index contributed by atoms with van der Waals surface area (Å²) in [6.45, 7) is 1.24. The molecule has 29 heavy (non-hydrogen) atoms. The number of aromatic nitrogens is 2. The van der Waals surface area contributed by atoms with Gasteiger partial charge in [0, 0.05) is 18.7 Å². The maximum absolute atomic E-state index is 13.0. The molecule has 1 atom stereocenters. The molecule has 6 nitrogen and oxygen atoms in total. The van der Waals surface area contributed by atoms with E-state index < -0.39 is 6.04 Å². The molecule has 3 heterocycles. The molecule has 1 aromatic heterocycles. The molecule has 3 amide bonds. The molecule has 0 saturated carbocycles. The fourth-order valence-corrected chi connectivity index (χ4v) is 4.28. The predicted octanol–water partition coefficient (Wildman–Crippen LogP) is 3.41. The van der Waals surface area contributed by atoms with Crippen LogP contribution in [0.5, 0.6) is 0 Å². The number of fused-ring (bicyclic) bond motifs is 2. The van der Waals surface area contributed by atoms with Crippen LogP contribution in [0, 0.1) is 0 Å². The Hall–Kier alpha value is -3.41. The van der Waals surface area contributed by atoms with Crippen LogP contribution in [0.2, 0.25) is 0 Å². The minimum absolute atomic E-state index is 0.149. The summed E-state index contributed by atoms with van der Waals surface area (Å²) in [5, 5.41) is 0. The van der Waals surface area contributed by atoms with Gasteiger partial charge < -0.3 is 9.47 Å². The number of carbonyl (C=O) groups is 2.